The van der Waals surface area contributed by atoms with Crippen LogP contribution >= 0.6 is 0 Å². The van der Waals surface area contributed by atoms with Gasteiger partial charge in [0.2, 0.25) is 5.91 Å². The molecule has 2 atom stereocenters. The van der Waals surface area contributed by atoms with E-state index in [4.69, 9.17) is 4.74 Å². The van der Waals surface area contributed by atoms with Crippen molar-refractivity contribution in [3.05, 3.63) is 77.9 Å². The topological polar surface area (TPSA) is 75.7 Å². The number of nitrogens with zero attached hydrogens (tertiary/aromatic N) is 1. The van der Waals surface area contributed by atoms with E-state index >= 15 is 0 Å². The Morgan fingerprint density at radius 3 is 2.53 bits per heavy atom. The number of para-hydroxylation sites is 1. The van der Waals surface area contributed by atoms with Gasteiger partial charge < -0.3 is 15.0 Å². The molecule has 0 fully saturated rings. The van der Waals surface area contributed by atoms with Gasteiger partial charge in [-0.2, -0.15) is 0 Å². The Bertz CT molecular complexity index is 971. The lowest BCUT2D eigenvalue weighted by atomic mass is 9.97. The van der Waals surface area contributed by atoms with Gasteiger partial charge in [-0.3, -0.25) is 14.4 Å². The Hall–Kier alpha value is -3.41. The number of hydrogen-bond donors (Lipinski definition) is 1. The molecule has 0 radical (unpaired) electrons. The normalized spacial score (nSPS) is 15.9. The van der Waals surface area contributed by atoms with Crippen LogP contribution in [0.25, 0.3) is 0 Å². The van der Waals surface area contributed by atoms with Crippen LogP contribution in [0, 0.1) is 5.92 Å². The predicted molar refractivity (Wildman–Crippen MR) is 124 cm³/mol. The first kappa shape index (κ1) is 23.3. The highest BCUT2D eigenvalue weighted by atomic mass is 16.5. The van der Waals surface area contributed by atoms with Crippen LogP contribution in [0.3, 0.4) is 0 Å². The van der Waals surface area contributed by atoms with Crippen LogP contribution in [-0.2, 0) is 14.3 Å². The minimum Gasteiger partial charge on any atom is -0.469 e. The van der Waals surface area contributed by atoms with Crippen molar-refractivity contribution in [1.29, 1.82) is 0 Å². The fourth-order valence-corrected chi connectivity index (χ4v) is 4.15. The number of carbonyl (C=O) groups is 3. The maximum absolute atomic E-state index is 13.0. The number of rotatable bonds is 9. The smallest absolute Gasteiger partial charge is 0.306 e. The van der Waals surface area contributed by atoms with Crippen molar-refractivity contribution in [3.8, 4) is 0 Å². The second-order valence-electron chi connectivity index (χ2n) is 7.95. The predicted octanol–water partition coefficient (Wildman–Crippen LogP) is 4.08. The van der Waals surface area contributed by atoms with Crippen molar-refractivity contribution in [2.24, 2.45) is 5.92 Å². The molecule has 2 amide bonds. The van der Waals surface area contributed by atoms with E-state index in [0.717, 1.165) is 17.7 Å². The van der Waals surface area contributed by atoms with Crippen LogP contribution in [0.2, 0.25) is 0 Å². The summed E-state index contributed by atoms with van der Waals surface area (Å²) in [4.78, 5) is 38.8. The van der Waals surface area contributed by atoms with Gasteiger partial charge in [-0.15, -0.1) is 0 Å². The van der Waals surface area contributed by atoms with Crippen molar-refractivity contribution < 1.29 is 19.1 Å². The van der Waals surface area contributed by atoms with Gasteiger partial charge in [-0.25, -0.2) is 0 Å². The monoisotopic (exact) mass is 434 g/mol. The van der Waals surface area contributed by atoms with Crippen molar-refractivity contribution in [2.75, 3.05) is 25.1 Å². The highest BCUT2D eigenvalue weighted by Gasteiger charge is 2.32. The molecule has 32 heavy (non-hydrogen) atoms. The molecule has 6 heteroatoms. The number of carbonyl (C=O) groups excluding carboxylic acids is 3. The lowest BCUT2D eigenvalue weighted by Crippen LogP contribution is -2.31. The third kappa shape index (κ3) is 5.84. The number of esters is 1. The zero-order valence-corrected chi connectivity index (χ0v) is 18.6. The van der Waals surface area contributed by atoms with Crippen LogP contribution in [0.15, 0.2) is 66.7 Å². The molecular formula is C26H30N2O4. The fraction of sp³-hybridized carbons (Fsp3) is 0.346. The molecule has 168 valence electrons. The molecule has 2 unspecified atom stereocenters. The molecule has 1 aliphatic rings. The van der Waals surface area contributed by atoms with Gasteiger partial charge in [0.25, 0.3) is 5.91 Å². The van der Waals surface area contributed by atoms with E-state index in [1.165, 1.54) is 7.11 Å². The summed E-state index contributed by atoms with van der Waals surface area (Å²) in [5.74, 6) is -0.465. The molecule has 1 heterocycles. The second kappa shape index (κ2) is 11.3. The van der Waals surface area contributed by atoms with Gasteiger partial charge >= 0.3 is 5.97 Å². The quantitative estimate of drug-likeness (QED) is 0.477. The highest BCUT2D eigenvalue weighted by Crippen LogP contribution is 2.38. The van der Waals surface area contributed by atoms with Crippen molar-refractivity contribution >= 4 is 23.5 Å². The van der Waals surface area contributed by atoms with Gasteiger partial charge in [0, 0.05) is 36.7 Å². The summed E-state index contributed by atoms with van der Waals surface area (Å²) in [6, 6.07) is 17.2. The van der Waals surface area contributed by atoms with Crippen molar-refractivity contribution in [3.63, 3.8) is 0 Å². The minimum atomic E-state index is -0.327. The largest absolute Gasteiger partial charge is 0.469 e. The van der Waals surface area contributed by atoms with E-state index < -0.39 is 0 Å². The first-order chi connectivity index (χ1) is 15.5. The molecule has 0 aliphatic carbocycles. The summed E-state index contributed by atoms with van der Waals surface area (Å²) in [6.45, 7) is 2.96. The van der Waals surface area contributed by atoms with Gasteiger partial charge in [0.1, 0.15) is 0 Å². The molecule has 2 aromatic rings. The number of amides is 2. The van der Waals surface area contributed by atoms with E-state index in [0.29, 0.717) is 18.7 Å². The Balaban J connectivity index is 1.58. The summed E-state index contributed by atoms with van der Waals surface area (Å²) in [5.41, 5.74) is 2.73. The molecule has 6 nitrogen and oxygen atoms in total. The molecule has 0 saturated heterocycles. The SMILES string of the molecule is C/C=C/C(CC(=O)NCCC1CN(C(=O)c2ccccc2)c2ccccc21)CC(=O)OC. The molecule has 0 aromatic heterocycles. The molecule has 1 aliphatic heterocycles. The van der Waals surface area contributed by atoms with Crippen LogP contribution in [0.5, 0.6) is 0 Å². The number of benzene rings is 2. The van der Waals surface area contributed by atoms with E-state index in [1.807, 2.05) is 72.5 Å². The maximum Gasteiger partial charge on any atom is 0.306 e. The lowest BCUT2D eigenvalue weighted by molar-refractivity contribution is -0.141. The van der Waals surface area contributed by atoms with Crippen LogP contribution in [-0.4, -0.2) is 38.0 Å². The maximum atomic E-state index is 13.0. The Morgan fingerprint density at radius 2 is 1.81 bits per heavy atom. The van der Waals surface area contributed by atoms with Gasteiger partial charge in [-0.1, -0.05) is 48.6 Å². The summed E-state index contributed by atoms with van der Waals surface area (Å²) in [5, 5.41) is 2.97. The van der Waals surface area contributed by atoms with Crippen LogP contribution in [0.1, 0.15) is 48.0 Å². The third-order valence-corrected chi connectivity index (χ3v) is 5.72. The summed E-state index contributed by atoms with van der Waals surface area (Å²) < 4.78 is 4.72. The van der Waals surface area contributed by atoms with Gasteiger partial charge in [0.15, 0.2) is 0 Å². The molecular weight excluding hydrogens is 404 g/mol. The summed E-state index contributed by atoms with van der Waals surface area (Å²) in [7, 11) is 1.35. The minimum absolute atomic E-state index is 0.0124. The highest BCUT2D eigenvalue weighted by molar-refractivity contribution is 6.07. The molecule has 1 N–H and O–H groups in total. The van der Waals surface area contributed by atoms with Gasteiger partial charge in [-0.05, 0) is 43.0 Å². The molecule has 0 saturated carbocycles. The zero-order chi connectivity index (χ0) is 22.9. The number of hydrogen-bond acceptors (Lipinski definition) is 4. The summed E-state index contributed by atoms with van der Waals surface area (Å²) in [6.07, 6.45) is 4.85. The van der Waals surface area contributed by atoms with Crippen molar-refractivity contribution in [1.82, 2.24) is 5.32 Å². The molecule has 2 aromatic carbocycles. The Labute approximate surface area is 189 Å². The molecule has 3 rings (SSSR count). The Kier molecular flexibility index (Phi) is 8.20. The third-order valence-electron chi connectivity index (χ3n) is 5.72. The van der Waals surface area contributed by atoms with Crippen LogP contribution < -0.4 is 10.2 Å². The van der Waals surface area contributed by atoms with E-state index in [1.54, 1.807) is 0 Å². The average Bonchev–Trinajstić information content (AvgIpc) is 3.18. The summed E-state index contributed by atoms with van der Waals surface area (Å²) >= 11 is 0. The average molecular weight is 435 g/mol. The van der Waals surface area contributed by atoms with Gasteiger partial charge in [0.05, 0.1) is 13.5 Å². The number of allylic oxidation sites excluding steroid dienone is 2. The van der Waals surface area contributed by atoms with Crippen LogP contribution in [0.4, 0.5) is 5.69 Å². The fourth-order valence-electron chi connectivity index (χ4n) is 4.15. The number of methoxy groups -OCH3 is 1. The first-order valence-corrected chi connectivity index (χ1v) is 11.0. The zero-order valence-electron chi connectivity index (χ0n) is 18.6. The molecule has 0 bridgehead atoms. The Morgan fingerprint density at radius 1 is 1.09 bits per heavy atom. The number of fused-ring (bicyclic) bond motifs is 1. The van der Waals surface area contributed by atoms with E-state index in [2.05, 4.69) is 11.4 Å². The van der Waals surface area contributed by atoms with E-state index in [-0.39, 0.29) is 42.5 Å². The first-order valence-electron chi connectivity index (χ1n) is 11.0. The number of anilines is 1. The molecule has 0 spiro atoms. The number of ether oxygens (including phenoxy) is 1. The van der Waals surface area contributed by atoms with Crippen molar-refractivity contribution in [2.45, 2.75) is 32.1 Å². The second-order valence-corrected chi connectivity index (χ2v) is 7.95. The lowest BCUT2D eigenvalue weighted by Gasteiger charge is -2.18. The van der Waals surface area contributed by atoms with E-state index in [9.17, 15) is 14.4 Å². The standard InChI is InChI=1S/C26H30N2O4/c1-3-9-19(17-25(30)32-2)16-24(29)27-15-14-21-18-28(23-13-8-7-12-22(21)23)26(31)20-10-5-4-6-11-20/h3-13,19,21H,14-18H2,1-2H3,(H,27,29)/b9-3+. The number of nitrogens with one attached hydrogen (secondary N) is 1.